The number of H-pyrrole nitrogens is 1. The van der Waals surface area contributed by atoms with Crippen LogP contribution in [0.1, 0.15) is 42.5 Å². The number of hydrogen-bond acceptors (Lipinski definition) is 5. The molecule has 2 rings (SSSR count). The number of aromatic nitrogens is 2. The fourth-order valence-corrected chi connectivity index (χ4v) is 1.90. The van der Waals surface area contributed by atoms with Crippen molar-refractivity contribution in [1.82, 2.24) is 15.6 Å². The third-order valence-electron chi connectivity index (χ3n) is 3.26. The van der Waals surface area contributed by atoms with Crippen molar-refractivity contribution in [2.45, 2.75) is 26.2 Å². The Hall–Kier alpha value is -3.16. The predicted molar refractivity (Wildman–Crippen MR) is 91.9 cm³/mol. The maximum Gasteiger partial charge on any atom is 0.341 e. The molecule has 0 aliphatic carbocycles. The van der Waals surface area contributed by atoms with E-state index in [-0.39, 0.29) is 11.1 Å². The lowest BCUT2D eigenvalue weighted by atomic mass is 9.92. The van der Waals surface area contributed by atoms with E-state index in [1.54, 1.807) is 30.3 Å². The van der Waals surface area contributed by atoms with Crippen LogP contribution in [0.15, 0.2) is 35.4 Å². The van der Waals surface area contributed by atoms with Gasteiger partial charge in [-0.3, -0.25) is 9.89 Å². The van der Waals surface area contributed by atoms with Crippen molar-refractivity contribution >= 4 is 18.1 Å². The summed E-state index contributed by atoms with van der Waals surface area (Å²) in [4.78, 5) is 22.6. The summed E-state index contributed by atoms with van der Waals surface area (Å²) >= 11 is 0. The van der Waals surface area contributed by atoms with E-state index in [0.717, 1.165) is 5.69 Å². The summed E-state index contributed by atoms with van der Waals surface area (Å²) in [5, 5.41) is 19.4. The van der Waals surface area contributed by atoms with Crippen LogP contribution in [0.5, 0.6) is 5.75 Å². The third kappa shape index (κ3) is 5.17. The molecule has 1 amide bonds. The molecule has 8 heteroatoms. The number of aliphatic carboxylic acids is 1. The number of nitrogens with one attached hydrogen (secondary N) is 2. The van der Waals surface area contributed by atoms with Crippen molar-refractivity contribution in [3.05, 3.63) is 47.3 Å². The Morgan fingerprint density at radius 1 is 1.36 bits per heavy atom. The number of rotatable bonds is 6. The minimum Gasteiger partial charge on any atom is -0.481 e. The molecule has 132 valence electrons. The summed E-state index contributed by atoms with van der Waals surface area (Å²) in [5.74, 6) is -1.17. The molecule has 1 aromatic carbocycles. The number of para-hydroxylation sites is 1. The van der Waals surface area contributed by atoms with E-state index in [4.69, 9.17) is 9.84 Å². The van der Waals surface area contributed by atoms with Crippen LogP contribution in [0.25, 0.3) is 0 Å². The lowest BCUT2D eigenvalue weighted by Gasteiger charge is -2.14. The number of hydrogen-bond donors (Lipinski definition) is 3. The summed E-state index contributed by atoms with van der Waals surface area (Å²) in [6, 6.07) is 8.45. The zero-order valence-corrected chi connectivity index (χ0v) is 14.2. The van der Waals surface area contributed by atoms with Gasteiger partial charge in [0.15, 0.2) is 12.3 Å². The number of ether oxygens (including phenoxy) is 1. The normalized spacial score (nSPS) is 11.5. The summed E-state index contributed by atoms with van der Waals surface area (Å²) in [5.41, 5.74) is 3.86. The van der Waals surface area contributed by atoms with E-state index in [2.05, 4.69) is 20.7 Å². The van der Waals surface area contributed by atoms with E-state index in [0.29, 0.717) is 11.3 Å². The highest BCUT2D eigenvalue weighted by atomic mass is 16.5. The van der Waals surface area contributed by atoms with Gasteiger partial charge in [0.05, 0.1) is 6.21 Å². The van der Waals surface area contributed by atoms with Crippen LogP contribution in [-0.4, -0.2) is 40.0 Å². The Bertz CT molecular complexity index is 790. The largest absolute Gasteiger partial charge is 0.481 e. The molecule has 0 radical (unpaired) electrons. The molecule has 0 spiro atoms. The topological polar surface area (TPSA) is 117 Å². The zero-order valence-electron chi connectivity index (χ0n) is 14.2. The Labute approximate surface area is 144 Å². The molecule has 0 fully saturated rings. The maximum absolute atomic E-state index is 12.1. The highest BCUT2D eigenvalue weighted by molar-refractivity contribution is 5.93. The van der Waals surface area contributed by atoms with Crippen LogP contribution in [0.3, 0.4) is 0 Å². The van der Waals surface area contributed by atoms with Gasteiger partial charge < -0.3 is 9.84 Å². The number of nitrogens with zero attached hydrogens (tertiary/aromatic N) is 2. The van der Waals surface area contributed by atoms with Crippen LogP contribution in [0.2, 0.25) is 0 Å². The first kappa shape index (κ1) is 18.2. The van der Waals surface area contributed by atoms with Crippen molar-refractivity contribution in [2.24, 2.45) is 5.10 Å². The zero-order chi connectivity index (χ0) is 18.4. The van der Waals surface area contributed by atoms with Gasteiger partial charge in [-0.25, -0.2) is 10.2 Å². The molecule has 0 atom stereocenters. The second-order valence-corrected chi connectivity index (χ2v) is 6.34. The molecular formula is C17H20N4O4. The summed E-state index contributed by atoms with van der Waals surface area (Å²) in [6.45, 7) is 5.57. The predicted octanol–water partition coefficient (Wildman–Crippen LogP) is 1.93. The second kappa shape index (κ2) is 7.61. The number of carbonyl (C=O) groups is 2. The summed E-state index contributed by atoms with van der Waals surface area (Å²) in [7, 11) is 0. The molecule has 8 nitrogen and oxygen atoms in total. The SMILES string of the molecule is CC(C)(C)c1cc(C(=O)N/N=C\c2ccccc2OCC(=O)O)n[nH]1. The van der Waals surface area contributed by atoms with Gasteiger partial charge in [0.25, 0.3) is 5.91 Å². The number of hydrazone groups is 1. The standard InChI is InChI=1S/C17H20N4O4/c1-17(2,3)14-8-12(19-20-14)16(24)21-18-9-11-6-4-5-7-13(11)25-10-15(22)23/h4-9H,10H2,1-3H3,(H,19,20)(H,21,24)(H,22,23)/b18-9-. The van der Waals surface area contributed by atoms with Crippen molar-refractivity contribution in [3.63, 3.8) is 0 Å². The molecule has 3 N–H and O–H groups in total. The first-order valence-electron chi connectivity index (χ1n) is 7.60. The van der Waals surface area contributed by atoms with Crippen LogP contribution in [0, 0.1) is 0 Å². The second-order valence-electron chi connectivity index (χ2n) is 6.34. The molecule has 1 aromatic heterocycles. The van der Waals surface area contributed by atoms with Gasteiger partial charge in [0.2, 0.25) is 0 Å². The highest BCUT2D eigenvalue weighted by Crippen LogP contribution is 2.20. The minimum absolute atomic E-state index is 0.144. The first-order valence-corrected chi connectivity index (χ1v) is 7.60. The van der Waals surface area contributed by atoms with Crippen LogP contribution < -0.4 is 10.2 Å². The van der Waals surface area contributed by atoms with Gasteiger partial charge >= 0.3 is 5.97 Å². The average Bonchev–Trinajstić information content (AvgIpc) is 3.04. The molecule has 0 saturated heterocycles. The summed E-state index contributed by atoms with van der Waals surface area (Å²) in [6.07, 6.45) is 1.38. The number of amides is 1. The van der Waals surface area contributed by atoms with Crippen molar-refractivity contribution < 1.29 is 19.4 Å². The number of carbonyl (C=O) groups excluding carboxylic acids is 1. The third-order valence-corrected chi connectivity index (χ3v) is 3.26. The number of aromatic amines is 1. The number of carboxylic acids is 1. The van der Waals surface area contributed by atoms with Gasteiger partial charge in [-0.05, 0) is 18.2 Å². The van der Waals surface area contributed by atoms with E-state index < -0.39 is 18.5 Å². The Morgan fingerprint density at radius 3 is 2.72 bits per heavy atom. The molecule has 2 aromatic rings. The van der Waals surface area contributed by atoms with E-state index in [9.17, 15) is 9.59 Å². The minimum atomic E-state index is -1.08. The highest BCUT2D eigenvalue weighted by Gasteiger charge is 2.19. The maximum atomic E-state index is 12.1. The monoisotopic (exact) mass is 344 g/mol. The van der Waals surface area contributed by atoms with Crippen LogP contribution in [0.4, 0.5) is 0 Å². The Kier molecular flexibility index (Phi) is 5.53. The van der Waals surface area contributed by atoms with Gasteiger partial charge in [0, 0.05) is 16.7 Å². The van der Waals surface area contributed by atoms with Crippen molar-refractivity contribution in [1.29, 1.82) is 0 Å². The molecule has 25 heavy (non-hydrogen) atoms. The van der Waals surface area contributed by atoms with Gasteiger partial charge in [-0.15, -0.1) is 0 Å². The Balaban J connectivity index is 2.02. The quantitative estimate of drug-likeness (QED) is 0.547. The van der Waals surface area contributed by atoms with Crippen LogP contribution >= 0.6 is 0 Å². The average molecular weight is 344 g/mol. The number of benzene rings is 1. The molecule has 0 saturated carbocycles. The van der Waals surface area contributed by atoms with Crippen molar-refractivity contribution in [3.8, 4) is 5.75 Å². The fraction of sp³-hybridized carbons (Fsp3) is 0.294. The number of carboxylic acid groups (broad SMARTS) is 1. The molecule has 1 heterocycles. The van der Waals surface area contributed by atoms with Gasteiger partial charge in [-0.2, -0.15) is 10.2 Å². The van der Waals surface area contributed by atoms with E-state index in [1.807, 2.05) is 20.8 Å². The molecule has 0 unspecified atom stereocenters. The molecule has 0 aliphatic rings. The van der Waals surface area contributed by atoms with Crippen molar-refractivity contribution in [2.75, 3.05) is 6.61 Å². The van der Waals surface area contributed by atoms with Gasteiger partial charge in [0.1, 0.15) is 5.75 Å². The molecular weight excluding hydrogens is 324 g/mol. The lowest BCUT2D eigenvalue weighted by Crippen LogP contribution is -2.18. The molecule has 0 aliphatic heterocycles. The summed E-state index contributed by atoms with van der Waals surface area (Å²) < 4.78 is 5.16. The van der Waals surface area contributed by atoms with E-state index in [1.165, 1.54) is 6.21 Å². The first-order chi connectivity index (χ1) is 11.8. The molecule has 0 bridgehead atoms. The Morgan fingerprint density at radius 2 is 2.08 bits per heavy atom. The van der Waals surface area contributed by atoms with E-state index >= 15 is 0 Å². The fourth-order valence-electron chi connectivity index (χ4n) is 1.90. The lowest BCUT2D eigenvalue weighted by molar-refractivity contribution is -0.139. The smallest absolute Gasteiger partial charge is 0.341 e. The van der Waals surface area contributed by atoms with Gasteiger partial charge in [-0.1, -0.05) is 32.9 Å². The van der Waals surface area contributed by atoms with Crippen LogP contribution in [-0.2, 0) is 10.2 Å².